The fraction of sp³-hybridized carbons (Fsp3) is 0.267. The van der Waals surface area contributed by atoms with Crippen LogP contribution in [-0.4, -0.2) is 60.0 Å². The Morgan fingerprint density at radius 3 is 2.71 bits per heavy atom. The Hall–Kier alpha value is -4.32. The molecule has 4 aromatic rings. The molecule has 2 heterocycles. The van der Waals surface area contributed by atoms with E-state index in [0.29, 0.717) is 30.3 Å². The highest BCUT2D eigenvalue weighted by atomic mass is 35.5. The maximum atomic E-state index is 15.7. The summed E-state index contributed by atoms with van der Waals surface area (Å²) in [7, 11) is 1.39. The normalized spacial score (nSPS) is 15.5. The smallest absolute Gasteiger partial charge is 0.248 e. The van der Waals surface area contributed by atoms with Crippen LogP contribution in [0, 0.1) is 5.82 Å². The predicted molar refractivity (Wildman–Crippen MR) is 153 cm³/mol. The number of nitrogens with one attached hydrogen (secondary N) is 2. The summed E-state index contributed by atoms with van der Waals surface area (Å²) < 4.78 is 32.3. The topological polar surface area (TPSA) is 119 Å². The molecule has 10 nitrogen and oxygen atoms in total. The van der Waals surface area contributed by atoms with Crippen LogP contribution < -0.4 is 15.0 Å². The van der Waals surface area contributed by atoms with Crippen LogP contribution in [0.3, 0.4) is 0 Å². The molecular weight excluding hydrogens is 565 g/mol. The SMILES string of the molecule is COc1cc(C(C(=O)NCc2ccccc2)N(C(=O)CC2COCCO2)c2cccc(-c3ncn[nH]3)c2)c(F)cc1Cl. The van der Waals surface area contributed by atoms with Crippen LogP contribution in [0.5, 0.6) is 5.75 Å². The molecule has 3 aromatic carbocycles. The first-order valence-corrected chi connectivity index (χ1v) is 13.6. The van der Waals surface area contributed by atoms with Gasteiger partial charge >= 0.3 is 0 Å². The molecule has 218 valence electrons. The van der Waals surface area contributed by atoms with E-state index >= 15 is 4.39 Å². The second kappa shape index (κ2) is 13.6. The average Bonchev–Trinajstić information content (AvgIpc) is 3.56. The molecule has 0 saturated carbocycles. The van der Waals surface area contributed by atoms with E-state index in [0.717, 1.165) is 11.6 Å². The van der Waals surface area contributed by atoms with Crippen LogP contribution in [0.4, 0.5) is 10.1 Å². The quantitative estimate of drug-likeness (QED) is 0.278. The van der Waals surface area contributed by atoms with Crippen molar-refractivity contribution in [3.05, 3.63) is 95.0 Å². The summed E-state index contributed by atoms with van der Waals surface area (Å²) in [5.74, 6) is -1.25. The lowest BCUT2D eigenvalue weighted by Gasteiger charge is -2.33. The predicted octanol–water partition coefficient (Wildman–Crippen LogP) is 4.47. The van der Waals surface area contributed by atoms with E-state index in [1.54, 1.807) is 24.3 Å². The van der Waals surface area contributed by atoms with Gasteiger partial charge in [-0.05, 0) is 29.8 Å². The second-order valence-corrected chi connectivity index (χ2v) is 9.94. The molecule has 2 N–H and O–H groups in total. The van der Waals surface area contributed by atoms with Crippen LogP contribution in [0.1, 0.15) is 23.6 Å². The van der Waals surface area contributed by atoms with Gasteiger partial charge in [0.15, 0.2) is 5.82 Å². The number of aromatic amines is 1. The Morgan fingerprint density at radius 1 is 1.17 bits per heavy atom. The van der Waals surface area contributed by atoms with Crippen LogP contribution in [-0.2, 0) is 25.6 Å². The van der Waals surface area contributed by atoms with Crippen molar-refractivity contribution in [3.8, 4) is 17.1 Å². The van der Waals surface area contributed by atoms with E-state index in [1.807, 2.05) is 30.3 Å². The van der Waals surface area contributed by atoms with Crippen molar-refractivity contribution in [2.45, 2.75) is 25.1 Å². The molecule has 2 atom stereocenters. The standard InChI is InChI=1S/C30H29ClFN5O5/c1-40-26-14-23(25(32)15-24(26)31)28(30(39)33-16-19-6-3-2-4-7-19)37(27(38)13-22-17-41-10-11-42-22)21-9-5-8-20(12-21)29-34-18-35-36-29/h2-9,12,14-15,18,22,28H,10-11,13,16-17H2,1H3,(H,33,39)(H,34,35,36). The van der Waals surface area contributed by atoms with E-state index in [9.17, 15) is 9.59 Å². The number of ether oxygens (including phenoxy) is 3. The number of H-pyrrole nitrogens is 1. The largest absolute Gasteiger partial charge is 0.495 e. The van der Waals surface area contributed by atoms with Gasteiger partial charge in [-0.1, -0.05) is 54.1 Å². The Morgan fingerprint density at radius 2 is 2.00 bits per heavy atom. The zero-order chi connectivity index (χ0) is 29.5. The zero-order valence-electron chi connectivity index (χ0n) is 22.8. The van der Waals surface area contributed by atoms with Gasteiger partial charge < -0.3 is 19.5 Å². The Kier molecular flexibility index (Phi) is 9.42. The lowest BCUT2D eigenvalue weighted by atomic mass is 10.00. The van der Waals surface area contributed by atoms with Crippen molar-refractivity contribution in [1.82, 2.24) is 20.5 Å². The summed E-state index contributed by atoms with van der Waals surface area (Å²) in [6.45, 7) is 1.13. The summed E-state index contributed by atoms with van der Waals surface area (Å²) in [5.41, 5.74) is 1.68. The monoisotopic (exact) mass is 593 g/mol. The number of hydrogen-bond donors (Lipinski definition) is 2. The molecule has 1 saturated heterocycles. The number of anilines is 1. The number of benzene rings is 3. The maximum Gasteiger partial charge on any atom is 0.248 e. The first-order valence-electron chi connectivity index (χ1n) is 13.3. The minimum absolute atomic E-state index is 0.0279. The highest BCUT2D eigenvalue weighted by Gasteiger charge is 2.37. The Labute approximate surface area is 246 Å². The van der Waals surface area contributed by atoms with Crippen molar-refractivity contribution in [3.63, 3.8) is 0 Å². The molecule has 2 amide bonds. The highest BCUT2D eigenvalue weighted by Crippen LogP contribution is 2.37. The van der Waals surface area contributed by atoms with Gasteiger partial charge in [0, 0.05) is 23.4 Å². The molecule has 1 aliphatic rings. The number of carbonyl (C=O) groups is 2. The summed E-state index contributed by atoms with van der Waals surface area (Å²) in [6.07, 6.45) is 0.714. The highest BCUT2D eigenvalue weighted by molar-refractivity contribution is 6.32. The number of methoxy groups -OCH3 is 1. The van der Waals surface area contributed by atoms with E-state index < -0.39 is 29.8 Å². The third kappa shape index (κ3) is 6.76. The molecule has 1 fully saturated rings. The first-order chi connectivity index (χ1) is 20.4. The molecule has 2 unspecified atom stereocenters. The lowest BCUT2D eigenvalue weighted by molar-refractivity contribution is -0.132. The van der Waals surface area contributed by atoms with Gasteiger partial charge in [-0.25, -0.2) is 9.37 Å². The fourth-order valence-electron chi connectivity index (χ4n) is 4.72. The van der Waals surface area contributed by atoms with Gasteiger partial charge in [0.05, 0.1) is 44.5 Å². The van der Waals surface area contributed by atoms with Gasteiger partial charge in [-0.15, -0.1) is 0 Å². The summed E-state index contributed by atoms with van der Waals surface area (Å²) in [6, 6.07) is 17.1. The molecule has 1 aliphatic heterocycles. The third-order valence-electron chi connectivity index (χ3n) is 6.75. The molecule has 42 heavy (non-hydrogen) atoms. The number of nitrogens with zero attached hydrogens (tertiary/aromatic N) is 3. The van der Waals surface area contributed by atoms with E-state index in [4.69, 9.17) is 25.8 Å². The van der Waals surface area contributed by atoms with Crippen molar-refractivity contribution in [2.75, 3.05) is 31.8 Å². The van der Waals surface area contributed by atoms with Crippen LogP contribution >= 0.6 is 11.6 Å². The van der Waals surface area contributed by atoms with E-state index in [1.165, 1.54) is 24.4 Å². The molecule has 0 radical (unpaired) electrons. The molecule has 5 rings (SSSR count). The number of hydrogen-bond acceptors (Lipinski definition) is 7. The molecule has 1 aromatic heterocycles. The summed E-state index contributed by atoms with van der Waals surface area (Å²) in [4.78, 5) is 33.6. The van der Waals surface area contributed by atoms with Gasteiger partial charge in [-0.2, -0.15) is 5.10 Å². The first kappa shape index (κ1) is 29.2. The average molecular weight is 594 g/mol. The van der Waals surface area contributed by atoms with Crippen LogP contribution in [0.2, 0.25) is 5.02 Å². The number of carbonyl (C=O) groups excluding carboxylic acids is 2. The summed E-state index contributed by atoms with van der Waals surface area (Å²) in [5, 5.41) is 9.59. The lowest BCUT2D eigenvalue weighted by Crippen LogP contribution is -2.46. The van der Waals surface area contributed by atoms with Crippen molar-refractivity contribution >= 4 is 29.1 Å². The molecule has 0 spiro atoms. The van der Waals surface area contributed by atoms with E-state index in [2.05, 4.69) is 20.5 Å². The van der Waals surface area contributed by atoms with Crippen LogP contribution in [0.25, 0.3) is 11.4 Å². The third-order valence-corrected chi connectivity index (χ3v) is 7.05. The molecule has 0 aliphatic carbocycles. The molecular formula is C30H29ClFN5O5. The van der Waals surface area contributed by atoms with Crippen LogP contribution in [0.15, 0.2) is 73.1 Å². The Bertz CT molecular complexity index is 1520. The van der Waals surface area contributed by atoms with Crippen molar-refractivity contribution < 1.29 is 28.2 Å². The minimum Gasteiger partial charge on any atom is -0.495 e. The summed E-state index contributed by atoms with van der Waals surface area (Å²) >= 11 is 6.20. The van der Waals surface area contributed by atoms with E-state index in [-0.39, 0.29) is 35.9 Å². The maximum absolute atomic E-state index is 15.7. The van der Waals surface area contributed by atoms with Gasteiger partial charge in [0.1, 0.15) is 23.9 Å². The number of amides is 2. The van der Waals surface area contributed by atoms with Gasteiger partial charge in [0.2, 0.25) is 11.8 Å². The van der Waals surface area contributed by atoms with Crippen molar-refractivity contribution in [1.29, 1.82) is 0 Å². The number of aromatic nitrogens is 3. The Balaban J connectivity index is 1.61. The van der Waals surface area contributed by atoms with Crippen molar-refractivity contribution in [2.24, 2.45) is 0 Å². The fourth-order valence-corrected chi connectivity index (χ4v) is 4.95. The molecule has 0 bridgehead atoms. The second-order valence-electron chi connectivity index (χ2n) is 9.53. The number of rotatable bonds is 10. The zero-order valence-corrected chi connectivity index (χ0v) is 23.5. The molecule has 12 heteroatoms. The van der Waals surface area contributed by atoms with Gasteiger partial charge in [0.25, 0.3) is 0 Å². The number of halogens is 2. The van der Waals surface area contributed by atoms with Gasteiger partial charge in [-0.3, -0.25) is 19.6 Å². The minimum atomic E-state index is -1.44.